The van der Waals surface area contributed by atoms with E-state index in [1.807, 2.05) is 11.0 Å². The molecule has 0 spiro atoms. The Labute approximate surface area is 131 Å². The molecule has 1 aromatic heterocycles. The Balaban J connectivity index is 1.85. The Bertz CT molecular complexity index is 615. The van der Waals surface area contributed by atoms with Gasteiger partial charge in [-0.15, -0.1) is 0 Å². The minimum atomic E-state index is 0.00461. The summed E-state index contributed by atoms with van der Waals surface area (Å²) < 4.78 is 0. The molecule has 1 fully saturated rings. The smallest absolute Gasteiger partial charge is 0.274 e. The van der Waals surface area contributed by atoms with Crippen molar-refractivity contribution in [1.82, 2.24) is 14.9 Å². The first-order valence-corrected chi connectivity index (χ1v) is 7.93. The van der Waals surface area contributed by atoms with E-state index in [0.717, 1.165) is 25.8 Å². The van der Waals surface area contributed by atoms with Crippen LogP contribution in [-0.2, 0) is 0 Å². The van der Waals surface area contributed by atoms with Gasteiger partial charge in [-0.2, -0.15) is 0 Å². The number of likely N-dealkylation sites (tertiary alicyclic amines) is 1. The van der Waals surface area contributed by atoms with Crippen molar-refractivity contribution in [3.63, 3.8) is 0 Å². The first kappa shape index (κ1) is 14.7. The monoisotopic (exact) mass is 295 g/mol. The van der Waals surface area contributed by atoms with E-state index in [-0.39, 0.29) is 11.9 Å². The molecular formula is C18H21N3O. The molecule has 2 heterocycles. The van der Waals surface area contributed by atoms with Crippen molar-refractivity contribution in [2.75, 3.05) is 6.54 Å². The summed E-state index contributed by atoms with van der Waals surface area (Å²) in [5.41, 5.74) is 1.76. The fourth-order valence-corrected chi connectivity index (χ4v) is 3.45. The second-order valence-corrected chi connectivity index (χ2v) is 5.72. The molecular weight excluding hydrogens is 274 g/mol. The molecule has 22 heavy (non-hydrogen) atoms. The summed E-state index contributed by atoms with van der Waals surface area (Å²) in [6.45, 7) is 3.00. The van der Waals surface area contributed by atoms with Crippen LogP contribution >= 0.6 is 0 Å². The lowest BCUT2D eigenvalue weighted by Gasteiger charge is -2.31. The number of hydrogen-bond donors (Lipinski definition) is 0. The normalized spacial score (nSPS) is 19.1. The van der Waals surface area contributed by atoms with E-state index in [4.69, 9.17) is 0 Å². The Hall–Kier alpha value is -2.23. The number of benzene rings is 1. The van der Waals surface area contributed by atoms with E-state index >= 15 is 0 Å². The highest BCUT2D eigenvalue weighted by Gasteiger charge is 2.35. The van der Waals surface area contributed by atoms with Gasteiger partial charge in [0.1, 0.15) is 5.69 Å². The second-order valence-electron chi connectivity index (χ2n) is 5.72. The van der Waals surface area contributed by atoms with Gasteiger partial charge in [0.25, 0.3) is 5.91 Å². The van der Waals surface area contributed by atoms with Crippen molar-refractivity contribution in [2.45, 2.75) is 38.1 Å². The van der Waals surface area contributed by atoms with E-state index in [9.17, 15) is 4.79 Å². The highest BCUT2D eigenvalue weighted by molar-refractivity contribution is 5.92. The predicted octanol–water partition coefficient (Wildman–Crippen LogP) is 3.28. The zero-order chi connectivity index (χ0) is 15.4. The van der Waals surface area contributed by atoms with Crippen LogP contribution in [0.2, 0.25) is 0 Å². The van der Waals surface area contributed by atoms with E-state index in [2.05, 4.69) is 41.2 Å². The minimum Gasteiger partial charge on any atom is -0.334 e. The molecule has 4 nitrogen and oxygen atoms in total. The fourth-order valence-electron chi connectivity index (χ4n) is 3.45. The standard InChI is InChI=1S/C18H21N3O/c1-2-15(14-7-4-3-5-8-14)17-9-6-12-21(17)18(22)16-13-19-10-11-20-16/h3-5,7-8,10-11,13,15,17H,2,6,9,12H2,1H3. The molecule has 1 aliphatic rings. The summed E-state index contributed by atoms with van der Waals surface area (Å²) in [4.78, 5) is 22.9. The molecule has 1 aliphatic heterocycles. The Morgan fingerprint density at radius 1 is 1.32 bits per heavy atom. The summed E-state index contributed by atoms with van der Waals surface area (Å²) in [6, 6.07) is 10.8. The summed E-state index contributed by atoms with van der Waals surface area (Å²) in [5, 5.41) is 0. The Kier molecular flexibility index (Phi) is 4.47. The van der Waals surface area contributed by atoms with Crippen LogP contribution < -0.4 is 0 Å². The lowest BCUT2D eigenvalue weighted by Crippen LogP contribution is -2.39. The number of carbonyl (C=O) groups excluding carboxylic acids is 1. The molecule has 1 amide bonds. The lowest BCUT2D eigenvalue weighted by molar-refractivity contribution is 0.0708. The van der Waals surface area contributed by atoms with Crippen molar-refractivity contribution >= 4 is 5.91 Å². The summed E-state index contributed by atoms with van der Waals surface area (Å²) >= 11 is 0. The van der Waals surface area contributed by atoms with Crippen LogP contribution in [0.15, 0.2) is 48.9 Å². The number of rotatable bonds is 4. The second kappa shape index (κ2) is 6.69. The fraction of sp³-hybridized carbons (Fsp3) is 0.389. The summed E-state index contributed by atoms with van der Waals surface area (Å²) in [5.74, 6) is 0.384. The molecule has 2 unspecified atom stereocenters. The van der Waals surface area contributed by atoms with E-state index < -0.39 is 0 Å². The molecule has 3 rings (SSSR count). The Morgan fingerprint density at radius 3 is 2.82 bits per heavy atom. The first-order chi connectivity index (χ1) is 10.8. The molecule has 1 aromatic carbocycles. The van der Waals surface area contributed by atoms with Crippen LogP contribution in [-0.4, -0.2) is 33.4 Å². The third-order valence-corrected chi connectivity index (χ3v) is 4.47. The third kappa shape index (κ3) is 2.86. The maximum atomic E-state index is 12.7. The maximum absolute atomic E-state index is 12.7. The van der Waals surface area contributed by atoms with Crippen molar-refractivity contribution in [2.24, 2.45) is 0 Å². The molecule has 114 valence electrons. The van der Waals surface area contributed by atoms with Gasteiger partial charge in [0.05, 0.1) is 6.20 Å². The van der Waals surface area contributed by atoms with E-state index in [0.29, 0.717) is 11.6 Å². The number of amides is 1. The summed E-state index contributed by atoms with van der Waals surface area (Å²) in [7, 11) is 0. The largest absolute Gasteiger partial charge is 0.334 e. The average molecular weight is 295 g/mol. The van der Waals surface area contributed by atoms with Crippen LogP contribution in [0.25, 0.3) is 0 Å². The molecule has 0 radical (unpaired) electrons. The molecule has 0 N–H and O–H groups in total. The van der Waals surface area contributed by atoms with Crippen LogP contribution in [0.1, 0.15) is 48.2 Å². The van der Waals surface area contributed by atoms with Gasteiger partial charge in [0.2, 0.25) is 0 Å². The number of aromatic nitrogens is 2. The van der Waals surface area contributed by atoms with Crippen molar-refractivity contribution in [3.05, 3.63) is 60.2 Å². The van der Waals surface area contributed by atoms with Crippen LogP contribution in [0, 0.1) is 0 Å². The number of carbonyl (C=O) groups is 1. The molecule has 2 aromatic rings. The molecule has 0 aliphatic carbocycles. The van der Waals surface area contributed by atoms with Gasteiger partial charge in [-0.05, 0) is 24.8 Å². The zero-order valence-corrected chi connectivity index (χ0v) is 12.9. The topological polar surface area (TPSA) is 46.1 Å². The highest BCUT2D eigenvalue weighted by atomic mass is 16.2. The van der Waals surface area contributed by atoms with E-state index in [1.54, 1.807) is 18.6 Å². The molecule has 4 heteroatoms. The van der Waals surface area contributed by atoms with Crippen LogP contribution in [0.5, 0.6) is 0 Å². The molecule has 0 bridgehead atoms. The zero-order valence-electron chi connectivity index (χ0n) is 12.9. The first-order valence-electron chi connectivity index (χ1n) is 7.93. The Morgan fingerprint density at radius 2 is 2.14 bits per heavy atom. The molecule has 2 atom stereocenters. The minimum absolute atomic E-state index is 0.00461. The van der Waals surface area contributed by atoms with Gasteiger partial charge in [-0.25, -0.2) is 4.98 Å². The molecule has 0 saturated carbocycles. The average Bonchev–Trinajstić information content (AvgIpc) is 3.06. The SMILES string of the molecule is CCC(c1ccccc1)C1CCCN1C(=O)c1cnccn1. The summed E-state index contributed by atoms with van der Waals surface area (Å²) in [6.07, 6.45) is 7.86. The van der Waals surface area contributed by atoms with Crippen molar-refractivity contribution < 1.29 is 4.79 Å². The number of nitrogens with zero attached hydrogens (tertiary/aromatic N) is 3. The van der Waals surface area contributed by atoms with Gasteiger partial charge in [-0.3, -0.25) is 9.78 Å². The van der Waals surface area contributed by atoms with Crippen molar-refractivity contribution in [1.29, 1.82) is 0 Å². The van der Waals surface area contributed by atoms with E-state index in [1.165, 1.54) is 5.56 Å². The predicted molar refractivity (Wildman–Crippen MR) is 85.6 cm³/mol. The molecule has 1 saturated heterocycles. The van der Waals surface area contributed by atoms with Gasteiger partial charge in [-0.1, -0.05) is 37.3 Å². The lowest BCUT2D eigenvalue weighted by atomic mass is 9.87. The number of hydrogen-bond acceptors (Lipinski definition) is 3. The maximum Gasteiger partial charge on any atom is 0.274 e. The van der Waals surface area contributed by atoms with Crippen LogP contribution in [0.3, 0.4) is 0 Å². The highest BCUT2D eigenvalue weighted by Crippen LogP contribution is 2.34. The van der Waals surface area contributed by atoms with Gasteiger partial charge >= 0.3 is 0 Å². The quantitative estimate of drug-likeness (QED) is 0.869. The van der Waals surface area contributed by atoms with Gasteiger partial charge < -0.3 is 4.90 Å². The van der Waals surface area contributed by atoms with Gasteiger partial charge in [0, 0.05) is 30.9 Å². The van der Waals surface area contributed by atoms with Crippen LogP contribution in [0.4, 0.5) is 0 Å². The van der Waals surface area contributed by atoms with Crippen molar-refractivity contribution in [3.8, 4) is 0 Å². The van der Waals surface area contributed by atoms with Gasteiger partial charge in [0.15, 0.2) is 0 Å². The third-order valence-electron chi connectivity index (χ3n) is 4.47.